The minimum absolute atomic E-state index is 0.0176. The number of ether oxygens (including phenoxy) is 2. The van der Waals surface area contributed by atoms with Gasteiger partial charge >= 0.3 is 11.9 Å². The Morgan fingerprint density at radius 2 is 1.63 bits per heavy atom. The number of hydrogen-bond acceptors (Lipinski definition) is 7. The molecule has 3 atom stereocenters. The molecule has 0 N–H and O–H groups in total. The summed E-state index contributed by atoms with van der Waals surface area (Å²) in [6.45, 7) is 13.7. The molecule has 0 saturated heterocycles. The summed E-state index contributed by atoms with van der Waals surface area (Å²) in [4.78, 5) is 49.6. The first kappa shape index (κ1) is 33.9. The second-order valence-electron chi connectivity index (χ2n) is 12.4. The summed E-state index contributed by atoms with van der Waals surface area (Å²) >= 11 is 0. The monoisotopic (exact) mass is 604 g/mol. The van der Waals surface area contributed by atoms with Crippen LogP contribution in [0.4, 0.5) is 0 Å². The van der Waals surface area contributed by atoms with Crippen LogP contribution in [0.1, 0.15) is 60.3 Å². The highest BCUT2D eigenvalue weighted by atomic mass is 28.4. The normalized spacial score (nSPS) is 19.7. The zero-order chi connectivity index (χ0) is 31.7. The van der Waals surface area contributed by atoms with Crippen molar-refractivity contribution in [2.45, 2.75) is 71.4 Å². The van der Waals surface area contributed by atoms with Crippen LogP contribution in [0.25, 0.3) is 0 Å². The number of rotatable bonds is 14. The van der Waals surface area contributed by atoms with Crippen LogP contribution in [0.3, 0.4) is 0 Å². The summed E-state index contributed by atoms with van der Waals surface area (Å²) in [6.07, 6.45) is 4.08. The molecule has 2 aromatic carbocycles. The number of Topliss-reactive ketones (excluding diaryl/α,β-unsaturated/α-hetero) is 1. The summed E-state index contributed by atoms with van der Waals surface area (Å²) in [5.41, 5.74) is -0.845. The van der Waals surface area contributed by atoms with E-state index in [0.717, 1.165) is 10.4 Å². The Morgan fingerprint density at radius 3 is 2.14 bits per heavy atom. The van der Waals surface area contributed by atoms with Crippen molar-refractivity contribution in [1.82, 2.24) is 0 Å². The van der Waals surface area contributed by atoms with Crippen LogP contribution in [-0.4, -0.2) is 51.1 Å². The van der Waals surface area contributed by atoms with Gasteiger partial charge in [-0.3, -0.25) is 19.2 Å². The average molecular weight is 605 g/mol. The molecule has 8 heteroatoms. The van der Waals surface area contributed by atoms with Gasteiger partial charge in [0.25, 0.3) is 8.32 Å². The molecule has 230 valence electrons. The van der Waals surface area contributed by atoms with E-state index in [2.05, 4.69) is 51.6 Å². The van der Waals surface area contributed by atoms with E-state index >= 15 is 0 Å². The number of ketones is 2. The largest absolute Gasteiger partial charge is 0.461 e. The molecular weight excluding hydrogens is 560 g/mol. The van der Waals surface area contributed by atoms with Crippen LogP contribution in [-0.2, 0) is 33.1 Å². The van der Waals surface area contributed by atoms with Crippen LogP contribution in [0.5, 0.6) is 0 Å². The maximum absolute atomic E-state index is 13.4. The number of carbonyl (C=O) groups excluding carboxylic acids is 4. The highest BCUT2D eigenvalue weighted by molar-refractivity contribution is 6.99. The third-order valence-electron chi connectivity index (χ3n) is 8.30. The molecule has 3 rings (SSSR count). The number of allylic oxidation sites excluding steroid dienone is 1. The fourth-order valence-electron chi connectivity index (χ4n) is 6.07. The number of hydrogen-bond donors (Lipinski definition) is 0. The van der Waals surface area contributed by atoms with Gasteiger partial charge in [-0.1, -0.05) is 101 Å². The van der Waals surface area contributed by atoms with Crippen molar-refractivity contribution in [2.24, 2.45) is 11.3 Å². The minimum Gasteiger partial charge on any atom is -0.461 e. The second kappa shape index (κ2) is 14.7. The first-order valence-corrected chi connectivity index (χ1v) is 16.7. The molecule has 0 aromatic heterocycles. The molecular formula is C35H44O7Si. The molecule has 0 radical (unpaired) electrons. The van der Waals surface area contributed by atoms with Gasteiger partial charge in [0.15, 0.2) is 5.78 Å². The topological polar surface area (TPSA) is 96.0 Å². The lowest BCUT2D eigenvalue weighted by atomic mass is 9.75. The zero-order valence-electron chi connectivity index (χ0n) is 26.0. The SMILES string of the molecule is C=CCOC(=O)CC(=O)/C=C/[C@@H](C[C@@]1(C)C(=O)CC[C@@H]1CO[Si](c1ccccc1)(c1ccccc1)C(C)(C)C)OC(C)=O. The standard InChI is InChI=1S/C35H44O7Si/c1-7-22-40-33(39)23-28(37)19-20-29(42-26(2)36)24-35(6)27(18-21-32(35)38)25-41-43(34(3,4)5,30-14-10-8-11-15-30)31-16-12-9-13-17-31/h7-17,19-20,27,29H,1,18,21-25H2,2-6H3/b20-19+/t27-,29+,35-/m1/s1. The van der Waals surface area contributed by atoms with E-state index in [1.165, 1.54) is 25.2 Å². The van der Waals surface area contributed by atoms with Crippen LogP contribution in [0, 0.1) is 11.3 Å². The molecule has 1 aliphatic rings. The van der Waals surface area contributed by atoms with Crippen molar-refractivity contribution in [2.75, 3.05) is 13.2 Å². The van der Waals surface area contributed by atoms with Crippen molar-refractivity contribution in [3.05, 3.63) is 85.5 Å². The van der Waals surface area contributed by atoms with Crippen LogP contribution < -0.4 is 10.4 Å². The summed E-state index contributed by atoms with van der Waals surface area (Å²) < 4.78 is 17.6. The molecule has 0 bridgehead atoms. The number of carbonyl (C=O) groups is 4. The Morgan fingerprint density at radius 1 is 1.05 bits per heavy atom. The summed E-state index contributed by atoms with van der Waals surface area (Å²) in [5, 5.41) is 2.10. The van der Waals surface area contributed by atoms with Gasteiger partial charge in [0, 0.05) is 31.8 Å². The third-order valence-corrected chi connectivity index (χ3v) is 13.3. The number of benzene rings is 2. The maximum Gasteiger partial charge on any atom is 0.313 e. The van der Waals surface area contributed by atoms with Crippen molar-refractivity contribution in [1.29, 1.82) is 0 Å². The van der Waals surface area contributed by atoms with E-state index in [-0.39, 0.29) is 29.8 Å². The molecule has 0 amide bonds. The third kappa shape index (κ3) is 8.27. The predicted molar refractivity (Wildman–Crippen MR) is 170 cm³/mol. The van der Waals surface area contributed by atoms with Gasteiger partial charge in [-0.15, -0.1) is 0 Å². The minimum atomic E-state index is -2.83. The average Bonchev–Trinajstić information content (AvgIpc) is 3.23. The molecule has 0 aliphatic heterocycles. The fraction of sp³-hybridized carbons (Fsp3) is 0.429. The van der Waals surface area contributed by atoms with Gasteiger partial charge in [0.05, 0.1) is 0 Å². The van der Waals surface area contributed by atoms with Crippen molar-refractivity contribution in [3.8, 4) is 0 Å². The predicted octanol–water partition coefficient (Wildman–Crippen LogP) is 5.11. The molecule has 1 aliphatic carbocycles. The Balaban J connectivity index is 1.89. The van der Waals surface area contributed by atoms with E-state index in [1.807, 2.05) is 43.3 Å². The van der Waals surface area contributed by atoms with Gasteiger partial charge in [0.1, 0.15) is 24.9 Å². The van der Waals surface area contributed by atoms with Gasteiger partial charge in [-0.25, -0.2) is 0 Å². The smallest absolute Gasteiger partial charge is 0.313 e. The Kier molecular flexibility index (Phi) is 11.6. The first-order chi connectivity index (χ1) is 20.3. The summed E-state index contributed by atoms with van der Waals surface area (Å²) in [5.74, 6) is -1.73. The van der Waals surface area contributed by atoms with Crippen molar-refractivity contribution < 1.29 is 33.1 Å². The van der Waals surface area contributed by atoms with E-state index in [9.17, 15) is 19.2 Å². The molecule has 43 heavy (non-hydrogen) atoms. The summed E-state index contributed by atoms with van der Waals surface area (Å²) in [7, 11) is -2.83. The second-order valence-corrected chi connectivity index (χ2v) is 16.7. The van der Waals surface area contributed by atoms with Gasteiger partial charge in [0.2, 0.25) is 0 Å². The molecule has 1 fully saturated rings. The fourth-order valence-corrected chi connectivity index (χ4v) is 10.7. The molecule has 1 saturated carbocycles. The lowest BCUT2D eigenvalue weighted by molar-refractivity contribution is -0.147. The van der Waals surface area contributed by atoms with Crippen molar-refractivity contribution in [3.63, 3.8) is 0 Å². The molecule has 0 spiro atoms. The zero-order valence-corrected chi connectivity index (χ0v) is 27.0. The highest BCUT2D eigenvalue weighted by Gasteiger charge is 2.53. The van der Waals surface area contributed by atoms with Crippen LogP contribution in [0.15, 0.2) is 85.5 Å². The quantitative estimate of drug-likeness (QED) is 0.0972. The van der Waals surface area contributed by atoms with E-state index < -0.39 is 44.0 Å². The molecule has 0 unspecified atom stereocenters. The van der Waals surface area contributed by atoms with Crippen LogP contribution in [0.2, 0.25) is 5.04 Å². The Labute approximate surface area is 256 Å². The van der Waals surface area contributed by atoms with Gasteiger partial charge in [-0.2, -0.15) is 0 Å². The van der Waals surface area contributed by atoms with E-state index in [1.54, 1.807) is 0 Å². The van der Waals surface area contributed by atoms with E-state index in [0.29, 0.717) is 19.4 Å². The Bertz CT molecular complexity index is 1270. The van der Waals surface area contributed by atoms with Gasteiger partial charge < -0.3 is 13.9 Å². The first-order valence-electron chi connectivity index (χ1n) is 14.8. The van der Waals surface area contributed by atoms with Crippen molar-refractivity contribution >= 4 is 42.2 Å². The lowest BCUT2D eigenvalue weighted by Crippen LogP contribution is -2.67. The lowest BCUT2D eigenvalue weighted by Gasteiger charge is -2.44. The highest BCUT2D eigenvalue weighted by Crippen LogP contribution is 2.46. The molecule has 2 aromatic rings. The van der Waals surface area contributed by atoms with E-state index in [4.69, 9.17) is 13.9 Å². The number of esters is 2. The molecule has 0 heterocycles. The summed E-state index contributed by atoms with van der Waals surface area (Å²) in [6, 6.07) is 20.7. The van der Waals surface area contributed by atoms with Crippen LogP contribution >= 0.6 is 0 Å². The maximum atomic E-state index is 13.4. The molecule has 7 nitrogen and oxygen atoms in total. The van der Waals surface area contributed by atoms with Gasteiger partial charge in [-0.05, 0) is 39.9 Å². The Hall–Kier alpha value is -3.62.